The summed E-state index contributed by atoms with van der Waals surface area (Å²) in [7, 11) is -3.78. The maximum Gasteiger partial charge on any atom is 0.323 e. The van der Waals surface area contributed by atoms with Gasteiger partial charge in [0, 0.05) is 23.5 Å². The van der Waals surface area contributed by atoms with E-state index in [1.54, 1.807) is 31.2 Å². The highest BCUT2D eigenvalue weighted by Gasteiger charge is 2.08. The van der Waals surface area contributed by atoms with Crippen LogP contribution >= 0.6 is 0 Å². The van der Waals surface area contributed by atoms with Crippen LogP contribution in [0.5, 0.6) is 0 Å². The number of primary sulfonamides is 1. The lowest BCUT2D eigenvalue weighted by Crippen LogP contribution is -2.19. The van der Waals surface area contributed by atoms with Gasteiger partial charge in [0.25, 0.3) is 0 Å². The number of hydrogen-bond acceptors (Lipinski definition) is 4. The zero-order valence-electron chi connectivity index (χ0n) is 13.4. The van der Waals surface area contributed by atoms with Gasteiger partial charge in [-0.15, -0.1) is 0 Å². The zero-order valence-corrected chi connectivity index (χ0v) is 14.3. The molecule has 0 aliphatic carbocycles. The summed E-state index contributed by atoms with van der Waals surface area (Å²) in [5, 5.41) is 12.9. The fourth-order valence-electron chi connectivity index (χ4n) is 1.95. The lowest BCUT2D eigenvalue weighted by Gasteiger charge is -2.10. The first-order valence-electron chi connectivity index (χ1n) is 7.38. The Balaban J connectivity index is 2.00. The van der Waals surface area contributed by atoms with Crippen molar-refractivity contribution >= 4 is 39.0 Å². The summed E-state index contributed by atoms with van der Waals surface area (Å²) in [5.74, 6) is -0.128. The Morgan fingerprint density at radius 1 is 0.920 bits per heavy atom. The van der Waals surface area contributed by atoms with E-state index >= 15 is 0 Å². The topological polar surface area (TPSA) is 130 Å². The molecule has 0 aliphatic rings. The van der Waals surface area contributed by atoms with Gasteiger partial charge >= 0.3 is 6.03 Å². The molecule has 3 amide bonds. The van der Waals surface area contributed by atoms with E-state index in [2.05, 4.69) is 16.0 Å². The highest BCUT2D eigenvalue weighted by atomic mass is 32.2. The van der Waals surface area contributed by atoms with Gasteiger partial charge in [-0.3, -0.25) is 4.79 Å². The van der Waals surface area contributed by atoms with E-state index in [0.717, 1.165) is 0 Å². The Morgan fingerprint density at radius 2 is 1.48 bits per heavy atom. The van der Waals surface area contributed by atoms with Crippen molar-refractivity contribution in [1.29, 1.82) is 0 Å². The Labute approximate surface area is 145 Å². The van der Waals surface area contributed by atoms with Gasteiger partial charge in [0.1, 0.15) is 0 Å². The van der Waals surface area contributed by atoms with E-state index in [0.29, 0.717) is 23.5 Å². The second-order valence-electron chi connectivity index (χ2n) is 5.13. The molecule has 2 aromatic rings. The SMILES string of the molecule is CCC(=O)Nc1cccc(NC(=O)Nc2ccc(S(N)(=O)=O)cc2)c1. The molecule has 0 saturated heterocycles. The molecule has 0 atom stereocenters. The Morgan fingerprint density at radius 3 is 2.04 bits per heavy atom. The minimum atomic E-state index is -3.78. The number of carbonyl (C=O) groups excluding carboxylic acids is 2. The normalized spacial score (nSPS) is 10.8. The van der Waals surface area contributed by atoms with Crippen molar-refractivity contribution in [2.24, 2.45) is 5.14 Å². The van der Waals surface area contributed by atoms with Crippen molar-refractivity contribution in [1.82, 2.24) is 0 Å². The second kappa shape index (κ2) is 7.77. The van der Waals surface area contributed by atoms with E-state index in [1.165, 1.54) is 24.3 Å². The summed E-state index contributed by atoms with van der Waals surface area (Å²) < 4.78 is 22.4. The second-order valence-corrected chi connectivity index (χ2v) is 6.69. The third-order valence-electron chi connectivity index (χ3n) is 3.17. The molecule has 0 aromatic heterocycles. The zero-order chi connectivity index (χ0) is 18.4. The Hall–Kier alpha value is -2.91. The van der Waals surface area contributed by atoms with Gasteiger partial charge in [-0.2, -0.15) is 0 Å². The van der Waals surface area contributed by atoms with Gasteiger partial charge in [0.2, 0.25) is 15.9 Å². The van der Waals surface area contributed by atoms with Crippen molar-refractivity contribution in [3.05, 3.63) is 48.5 Å². The van der Waals surface area contributed by atoms with E-state index in [9.17, 15) is 18.0 Å². The van der Waals surface area contributed by atoms with E-state index in [4.69, 9.17) is 5.14 Å². The molecule has 0 spiro atoms. The molecular formula is C16H18N4O4S. The minimum Gasteiger partial charge on any atom is -0.326 e. The van der Waals surface area contributed by atoms with Crippen LogP contribution in [-0.2, 0) is 14.8 Å². The number of rotatable bonds is 5. The number of nitrogens with one attached hydrogen (secondary N) is 3. The third-order valence-corrected chi connectivity index (χ3v) is 4.10. The first kappa shape index (κ1) is 18.4. The van der Waals surface area contributed by atoms with Crippen molar-refractivity contribution in [3.8, 4) is 0 Å². The Bertz CT molecular complexity index is 879. The fourth-order valence-corrected chi connectivity index (χ4v) is 2.46. The molecule has 0 radical (unpaired) electrons. The highest BCUT2D eigenvalue weighted by molar-refractivity contribution is 7.89. The van der Waals surface area contributed by atoms with Gasteiger partial charge in [0.15, 0.2) is 0 Å². The largest absolute Gasteiger partial charge is 0.326 e. The molecule has 132 valence electrons. The first-order valence-corrected chi connectivity index (χ1v) is 8.93. The Kier molecular flexibility index (Phi) is 5.73. The molecule has 2 rings (SSSR count). The molecule has 2 aromatic carbocycles. The summed E-state index contributed by atoms with van der Waals surface area (Å²) in [6, 6.07) is 11.6. The number of carbonyl (C=O) groups is 2. The van der Waals surface area contributed by atoms with Crippen LogP contribution in [0, 0.1) is 0 Å². The third kappa shape index (κ3) is 5.59. The molecule has 0 saturated carbocycles. The van der Waals surface area contributed by atoms with E-state index in [-0.39, 0.29) is 10.8 Å². The van der Waals surface area contributed by atoms with Crippen LogP contribution < -0.4 is 21.1 Å². The minimum absolute atomic E-state index is 0.0437. The summed E-state index contributed by atoms with van der Waals surface area (Å²) in [4.78, 5) is 23.3. The van der Waals surface area contributed by atoms with E-state index in [1.807, 2.05) is 0 Å². The molecule has 9 heteroatoms. The summed E-state index contributed by atoms with van der Waals surface area (Å²) >= 11 is 0. The lowest BCUT2D eigenvalue weighted by atomic mass is 10.2. The summed E-state index contributed by atoms with van der Waals surface area (Å²) in [6.07, 6.45) is 0.354. The van der Waals surface area contributed by atoms with Crippen LogP contribution in [0.1, 0.15) is 13.3 Å². The molecular weight excluding hydrogens is 344 g/mol. The lowest BCUT2D eigenvalue weighted by molar-refractivity contribution is -0.115. The van der Waals surface area contributed by atoms with Gasteiger partial charge in [0.05, 0.1) is 4.90 Å². The number of sulfonamides is 1. The van der Waals surface area contributed by atoms with Crippen LogP contribution in [0.15, 0.2) is 53.4 Å². The fraction of sp³-hybridized carbons (Fsp3) is 0.125. The van der Waals surface area contributed by atoms with Crippen molar-refractivity contribution < 1.29 is 18.0 Å². The highest BCUT2D eigenvalue weighted by Crippen LogP contribution is 2.17. The van der Waals surface area contributed by atoms with Crippen LogP contribution in [0.2, 0.25) is 0 Å². The smallest absolute Gasteiger partial charge is 0.323 e. The van der Waals surface area contributed by atoms with Gasteiger partial charge in [-0.05, 0) is 42.5 Å². The van der Waals surface area contributed by atoms with Crippen LogP contribution in [0.3, 0.4) is 0 Å². The number of urea groups is 1. The predicted molar refractivity (Wildman–Crippen MR) is 95.8 cm³/mol. The summed E-state index contributed by atoms with van der Waals surface area (Å²) in [6.45, 7) is 1.74. The molecule has 0 fully saturated rings. The first-order chi connectivity index (χ1) is 11.8. The van der Waals surface area contributed by atoms with Gasteiger partial charge < -0.3 is 16.0 Å². The van der Waals surface area contributed by atoms with Gasteiger partial charge in [-0.1, -0.05) is 13.0 Å². The molecule has 0 bridgehead atoms. The molecule has 0 aliphatic heterocycles. The number of hydrogen-bond donors (Lipinski definition) is 4. The summed E-state index contributed by atoms with van der Waals surface area (Å²) in [5.41, 5.74) is 1.47. The average Bonchev–Trinajstić information content (AvgIpc) is 2.54. The van der Waals surface area contributed by atoms with E-state index < -0.39 is 16.1 Å². The molecule has 0 unspecified atom stereocenters. The monoisotopic (exact) mass is 362 g/mol. The molecule has 25 heavy (non-hydrogen) atoms. The average molecular weight is 362 g/mol. The predicted octanol–water partition coefficient (Wildman–Crippen LogP) is 2.33. The number of benzene rings is 2. The molecule has 0 heterocycles. The molecule has 8 nitrogen and oxygen atoms in total. The maximum atomic E-state index is 12.0. The number of amides is 3. The number of nitrogens with two attached hydrogens (primary N) is 1. The van der Waals surface area contributed by atoms with Gasteiger partial charge in [-0.25, -0.2) is 18.4 Å². The maximum absolute atomic E-state index is 12.0. The quantitative estimate of drug-likeness (QED) is 0.650. The van der Waals surface area contributed by atoms with Crippen LogP contribution in [0.4, 0.5) is 21.9 Å². The number of anilines is 3. The van der Waals surface area contributed by atoms with Crippen LogP contribution in [-0.4, -0.2) is 20.4 Å². The standard InChI is InChI=1S/C16H18N4O4S/c1-2-15(21)18-12-4-3-5-13(10-12)20-16(22)19-11-6-8-14(9-7-11)25(17,23)24/h3-10H,2H2,1H3,(H,18,21)(H2,17,23,24)(H2,19,20,22). The van der Waals surface area contributed by atoms with Crippen molar-refractivity contribution in [2.45, 2.75) is 18.2 Å². The molecule has 5 N–H and O–H groups in total. The van der Waals surface area contributed by atoms with Crippen molar-refractivity contribution in [3.63, 3.8) is 0 Å². The van der Waals surface area contributed by atoms with Crippen LogP contribution in [0.25, 0.3) is 0 Å². The van der Waals surface area contributed by atoms with Crippen molar-refractivity contribution in [2.75, 3.05) is 16.0 Å².